The van der Waals surface area contributed by atoms with Crippen LogP contribution in [0.4, 0.5) is 0 Å². The van der Waals surface area contributed by atoms with Crippen molar-refractivity contribution in [3.05, 3.63) is 69.8 Å². The van der Waals surface area contributed by atoms with Gasteiger partial charge in [-0.05, 0) is 42.0 Å². The fourth-order valence-corrected chi connectivity index (χ4v) is 3.44. The summed E-state index contributed by atoms with van der Waals surface area (Å²) < 4.78 is 12.3. The first-order valence-electron chi connectivity index (χ1n) is 8.49. The van der Waals surface area contributed by atoms with E-state index in [4.69, 9.17) is 9.47 Å². The Labute approximate surface area is 150 Å². The molecule has 3 heterocycles. The molecule has 0 amide bonds. The molecule has 0 fully saturated rings. The first-order valence-corrected chi connectivity index (χ1v) is 8.49. The van der Waals surface area contributed by atoms with E-state index in [1.807, 2.05) is 22.8 Å². The average molecular weight is 350 g/mol. The number of aromatic nitrogens is 2. The number of carbonyl (C=O) groups excluding carboxylic acids is 1. The highest BCUT2D eigenvalue weighted by Gasteiger charge is 2.18. The van der Waals surface area contributed by atoms with E-state index in [9.17, 15) is 9.59 Å². The minimum Gasteiger partial charge on any atom is -0.486 e. The number of nitrogens with zero attached hydrogens (tertiary/aromatic N) is 2. The van der Waals surface area contributed by atoms with Crippen molar-refractivity contribution in [3.8, 4) is 5.75 Å². The number of pyridine rings is 2. The molecule has 1 aliphatic heterocycles. The van der Waals surface area contributed by atoms with Crippen molar-refractivity contribution in [2.75, 3.05) is 7.11 Å². The highest BCUT2D eigenvalue weighted by Crippen LogP contribution is 2.24. The third-order valence-corrected chi connectivity index (χ3v) is 4.63. The van der Waals surface area contributed by atoms with Crippen molar-refractivity contribution in [2.45, 2.75) is 26.0 Å². The predicted molar refractivity (Wildman–Crippen MR) is 96.4 cm³/mol. The smallest absolute Gasteiger partial charge is 0.360 e. The van der Waals surface area contributed by atoms with Gasteiger partial charge in [0.25, 0.3) is 5.56 Å². The summed E-state index contributed by atoms with van der Waals surface area (Å²) in [5, 5.41) is 1.03. The Bertz CT molecular complexity index is 1060. The molecule has 1 aliphatic rings. The molecule has 132 valence electrons. The number of para-hydroxylation sites is 1. The molecule has 0 saturated heterocycles. The monoisotopic (exact) mass is 350 g/mol. The van der Waals surface area contributed by atoms with Gasteiger partial charge in [0.15, 0.2) is 11.4 Å². The topological polar surface area (TPSA) is 70.4 Å². The molecule has 0 radical (unpaired) electrons. The molecule has 0 N–H and O–H groups in total. The quantitative estimate of drug-likeness (QED) is 0.677. The summed E-state index contributed by atoms with van der Waals surface area (Å²) in [5.41, 5.74) is 2.83. The van der Waals surface area contributed by atoms with Crippen molar-refractivity contribution >= 4 is 16.9 Å². The average Bonchev–Trinajstić information content (AvgIpc) is 2.69. The Hall–Kier alpha value is -3.15. The van der Waals surface area contributed by atoms with E-state index in [1.165, 1.54) is 18.9 Å². The molecule has 0 spiro atoms. The molecule has 0 unspecified atom stereocenters. The van der Waals surface area contributed by atoms with Crippen molar-refractivity contribution in [2.24, 2.45) is 0 Å². The van der Waals surface area contributed by atoms with E-state index in [-0.39, 0.29) is 17.9 Å². The van der Waals surface area contributed by atoms with Crippen LogP contribution in [0.25, 0.3) is 10.9 Å². The fraction of sp³-hybridized carbons (Fsp3) is 0.250. The zero-order valence-corrected chi connectivity index (χ0v) is 14.4. The Morgan fingerprint density at radius 1 is 1.27 bits per heavy atom. The normalized spacial score (nSPS) is 12.8. The van der Waals surface area contributed by atoms with Gasteiger partial charge in [0, 0.05) is 12.7 Å². The van der Waals surface area contributed by atoms with Gasteiger partial charge in [-0.2, -0.15) is 0 Å². The molecular formula is C20H18N2O4. The number of aryl methyl sites for hydroxylation is 2. The van der Waals surface area contributed by atoms with Crippen molar-refractivity contribution < 1.29 is 14.3 Å². The third kappa shape index (κ3) is 2.73. The molecule has 4 rings (SSSR count). The van der Waals surface area contributed by atoms with Gasteiger partial charge in [0.05, 0.1) is 18.2 Å². The molecule has 0 atom stereocenters. The van der Waals surface area contributed by atoms with Crippen LogP contribution in [0.2, 0.25) is 0 Å². The summed E-state index contributed by atoms with van der Waals surface area (Å²) in [6.07, 6.45) is 3.44. The van der Waals surface area contributed by atoms with Crippen LogP contribution in [-0.2, 0) is 24.3 Å². The van der Waals surface area contributed by atoms with E-state index in [2.05, 4.69) is 11.1 Å². The SMILES string of the molecule is COC(=O)c1ncccc1OCc1cc2cccc3c2n(c1=O)CCC3. The second kappa shape index (κ2) is 6.63. The van der Waals surface area contributed by atoms with Crippen LogP contribution in [0.5, 0.6) is 5.75 Å². The summed E-state index contributed by atoms with van der Waals surface area (Å²) in [4.78, 5) is 28.7. The maximum atomic E-state index is 12.9. The van der Waals surface area contributed by atoms with Crippen molar-refractivity contribution in [1.29, 1.82) is 0 Å². The highest BCUT2D eigenvalue weighted by atomic mass is 16.5. The first-order chi connectivity index (χ1) is 12.7. The van der Waals surface area contributed by atoms with E-state index in [0.717, 1.165) is 23.7 Å². The number of rotatable bonds is 4. The number of methoxy groups -OCH3 is 1. The number of benzene rings is 1. The molecule has 6 heteroatoms. The van der Waals surface area contributed by atoms with Gasteiger partial charge >= 0.3 is 5.97 Å². The number of hydrogen-bond acceptors (Lipinski definition) is 5. The summed E-state index contributed by atoms with van der Waals surface area (Å²) >= 11 is 0. The molecule has 0 bridgehead atoms. The largest absolute Gasteiger partial charge is 0.486 e. The van der Waals surface area contributed by atoms with Gasteiger partial charge < -0.3 is 14.0 Å². The van der Waals surface area contributed by atoms with E-state index in [0.29, 0.717) is 17.9 Å². The second-order valence-corrected chi connectivity index (χ2v) is 6.22. The highest BCUT2D eigenvalue weighted by molar-refractivity contribution is 5.90. The van der Waals surface area contributed by atoms with Crippen LogP contribution in [-0.4, -0.2) is 22.6 Å². The van der Waals surface area contributed by atoms with Crippen LogP contribution in [0, 0.1) is 0 Å². The molecule has 26 heavy (non-hydrogen) atoms. The van der Waals surface area contributed by atoms with Gasteiger partial charge in [0.1, 0.15) is 6.61 Å². The fourth-order valence-electron chi connectivity index (χ4n) is 3.44. The Morgan fingerprint density at radius 3 is 3.00 bits per heavy atom. The zero-order valence-electron chi connectivity index (χ0n) is 14.4. The lowest BCUT2D eigenvalue weighted by Gasteiger charge is -2.20. The third-order valence-electron chi connectivity index (χ3n) is 4.63. The minimum atomic E-state index is -0.574. The van der Waals surface area contributed by atoms with Gasteiger partial charge in [-0.25, -0.2) is 9.78 Å². The number of ether oxygens (including phenoxy) is 2. The molecule has 3 aromatic rings. The van der Waals surface area contributed by atoms with E-state index >= 15 is 0 Å². The first kappa shape index (κ1) is 16.3. The molecular weight excluding hydrogens is 332 g/mol. The lowest BCUT2D eigenvalue weighted by atomic mass is 10.0. The Balaban J connectivity index is 1.71. The molecule has 2 aromatic heterocycles. The lowest BCUT2D eigenvalue weighted by Crippen LogP contribution is -2.28. The van der Waals surface area contributed by atoms with Crippen molar-refractivity contribution in [3.63, 3.8) is 0 Å². The summed E-state index contributed by atoms with van der Waals surface area (Å²) in [6, 6.07) is 11.3. The van der Waals surface area contributed by atoms with Gasteiger partial charge in [-0.1, -0.05) is 18.2 Å². The standard InChI is InChI=1S/C20H18N2O4/c1-25-20(24)17-16(8-3-9-21-17)26-12-15-11-14-6-2-5-13-7-4-10-22(18(13)14)19(15)23/h2-3,5-6,8-9,11H,4,7,10,12H2,1H3. The molecule has 6 nitrogen and oxygen atoms in total. The van der Waals surface area contributed by atoms with Crippen molar-refractivity contribution in [1.82, 2.24) is 9.55 Å². The van der Waals surface area contributed by atoms with Gasteiger partial charge in [-0.3, -0.25) is 4.79 Å². The number of esters is 1. The molecule has 0 saturated carbocycles. The van der Waals surface area contributed by atoms with Crippen LogP contribution < -0.4 is 10.3 Å². The second-order valence-electron chi connectivity index (χ2n) is 6.22. The Kier molecular flexibility index (Phi) is 4.16. The summed E-state index contributed by atoms with van der Waals surface area (Å²) in [6.45, 7) is 0.773. The summed E-state index contributed by atoms with van der Waals surface area (Å²) in [5.74, 6) is -0.276. The van der Waals surface area contributed by atoms with Crippen LogP contribution in [0.1, 0.15) is 28.0 Å². The maximum absolute atomic E-state index is 12.9. The molecule has 0 aliphatic carbocycles. The predicted octanol–water partition coefficient (Wildman–Crippen LogP) is 2.71. The van der Waals surface area contributed by atoms with E-state index in [1.54, 1.807) is 12.1 Å². The molecule has 1 aromatic carbocycles. The number of hydrogen-bond donors (Lipinski definition) is 0. The number of carbonyl (C=O) groups is 1. The van der Waals surface area contributed by atoms with Crippen LogP contribution >= 0.6 is 0 Å². The van der Waals surface area contributed by atoms with Crippen LogP contribution in [0.15, 0.2) is 47.4 Å². The van der Waals surface area contributed by atoms with Gasteiger partial charge in [-0.15, -0.1) is 0 Å². The van der Waals surface area contributed by atoms with Crippen LogP contribution in [0.3, 0.4) is 0 Å². The maximum Gasteiger partial charge on any atom is 0.360 e. The Morgan fingerprint density at radius 2 is 2.15 bits per heavy atom. The van der Waals surface area contributed by atoms with E-state index < -0.39 is 5.97 Å². The summed E-state index contributed by atoms with van der Waals surface area (Å²) in [7, 11) is 1.29. The zero-order chi connectivity index (χ0) is 18.1. The minimum absolute atomic E-state index is 0.0480. The van der Waals surface area contributed by atoms with Gasteiger partial charge in [0.2, 0.25) is 0 Å². The lowest BCUT2D eigenvalue weighted by molar-refractivity contribution is 0.0588.